The molecule has 0 spiro atoms. The van der Waals surface area contributed by atoms with Crippen LogP contribution in [0.15, 0.2) is 84.9 Å². The van der Waals surface area contributed by atoms with E-state index < -0.39 is 0 Å². The Morgan fingerprint density at radius 3 is 2.04 bits per heavy atom. The fourth-order valence-corrected chi connectivity index (χ4v) is 4.51. The molecule has 0 aliphatic rings. The van der Waals surface area contributed by atoms with Gasteiger partial charge in [0, 0.05) is 15.5 Å². The molecule has 0 aliphatic carbocycles. The molecule has 0 unspecified atom stereocenters. The molecule has 4 rings (SSSR count). The molecule has 0 N–H and O–H groups in total. The van der Waals surface area contributed by atoms with Crippen LogP contribution in [0.25, 0.3) is 20.5 Å². The van der Waals surface area contributed by atoms with Crippen LogP contribution < -0.4 is 0 Å². The summed E-state index contributed by atoms with van der Waals surface area (Å²) < 4.78 is 1.36. The van der Waals surface area contributed by atoms with E-state index >= 15 is 0 Å². The zero-order chi connectivity index (χ0) is 15.6. The summed E-state index contributed by atoms with van der Waals surface area (Å²) in [4.78, 5) is 1.39. The average Bonchev–Trinajstić information content (AvgIpc) is 3.02. The second-order valence-electron chi connectivity index (χ2n) is 5.84. The minimum Gasteiger partial charge on any atom is -0.135 e. The molecule has 0 amide bonds. The number of benzene rings is 3. The van der Waals surface area contributed by atoms with Crippen LogP contribution in [0.3, 0.4) is 0 Å². The zero-order valence-corrected chi connectivity index (χ0v) is 13.9. The van der Waals surface area contributed by atoms with Gasteiger partial charge in [-0.2, -0.15) is 0 Å². The van der Waals surface area contributed by atoms with E-state index in [2.05, 4.69) is 91.9 Å². The molecule has 112 valence electrons. The number of hydrogen-bond acceptors (Lipinski definition) is 1. The Bertz CT molecular complexity index is 920. The summed E-state index contributed by atoms with van der Waals surface area (Å²) in [6.45, 7) is 2.32. The van der Waals surface area contributed by atoms with Crippen molar-refractivity contribution in [2.45, 2.75) is 12.8 Å². The molecule has 0 nitrogen and oxygen atoms in total. The SMILES string of the molecule is C[C@H](c1ccccc1)c1c(-c2ccccc2)sc2ccccc12. The van der Waals surface area contributed by atoms with E-state index in [0.29, 0.717) is 5.92 Å². The fraction of sp³-hybridized carbons (Fsp3) is 0.0909. The van der Waals surface area contributed by atoms with Crippen LogP contribution in [-0.2, 0) is 0 Å². The predicted octanol–water partition coefficient (Wildman–Crippen LogP) is 6.72. The fourth-order valence-electron chi connectivity index (χ4n) is 3.21. The second kappa shape index (κ2) is 6.02. The molecule has 4 aromatic rings. The molecule has 0 aliphatic heterocycles. The van der Waals surface area contributed by atoms with Gasteiger partial charge in [-0.15, -0.1) is 11.3 Å². The molecule has 0 bridgehead atoms. The first-order chi connectivity index (χ1) is 11.3. The summed E-state index contributed by atoms with van der Waals surface area (Å²) >= 11 is 1.90. The van der Waals surface area contributed by atoms with Crippen LogP contribution in [0, 0.1) is 0 Å². The molecule has 1 atom stereocenters. The Kier molecular flexibility index (Phi) is 3.72. The Balaban J connectivity index is 1.97. The largest absolute Gasteiger partial charge is 0.135 e. The summed E-state index contributed by atoms with van der Waals surface area (Å²) in [6.07, 6.45) is 0. The quantitative estimate of drug-likeness (QED) is 0.394. The van der Waals surface area contributed by atoms with Gasteiger partial charge in [-0.1, -0.05) is 85.8 Å². The third kappa shape index (κ3) is 2.58. The maximum atomic E-state index is 2.32. The van der Waals surface area contributed by atoms with E-state index in [1.165, 1.54) is 31.7 Å². The molecule has 1 heterocycles. The van der Waals surface area contributed by atoms with Crippen molar-refractivity contribution in [3.63, 3.8) is 0 Å². The first kappa shape index (κ1) is 14.2. The van der Waals surface area contributed by atoms with Gasteiger partial charge in [-0.3, -0.25) is 0 Å². The number of rotatable bonds is 3. The highest BCUT2D eigenvalue weighted by Crippen LogP contribution is 2.44. The number of hydrogen-bond donors (Lipinski definition) is 0. The van der Waals surface area contributed by atoms with Crippen LogP contribution >= 0.6 is 11.3 Å². The van der Waals surface area contributed by atoms with E-state index in [1.54, 1.807) is 0 Å². The van der Waals surface area contributed by atoms with Crippen molar-refractivity contribution in [2.75, 3.05) is 0 Å². The van der Waals surface area contributed by atoms with Crippen LogP contribution in [0.1, 0.15) is 24.0 Å². The highest BCUT2D eigenvalue weighted by Gasteiger charge is 2.19. The van der Waals surface area contributed by atoms with E-state index in [-0.39, 0.29) is 0 Å². The van der Waals surface area contributed by atoms with Crippen molar-refractivity contribution in [1.29, 1.82) is 0 Å². The lowest BCUT2D eigenvalue weighted by molar-refractivity contribution is 0.940. The molecule has 0 radical (unpaired) electrons. The van der Waals surface area contributed by atoms with Crippen molar-refractivity contribution < 1.29 is 0 Å². The summed E-state index contributed by atoms with van der Waals surface area (Å²) in [7, 11) is 0. The predicted molar refractivity (Wildman–Crippen MR) is 101 cm³/mol. The van der Waals surface area contributed by atoms with Crippen LogP contribution in [0.2, 0.25) is 0 Å². The number of fused-ring (bicyclic) bond motifs is 1. The normalized spacial score (nSPS) is 12.4. The van der Waals surface area contributed by atoms with Crippen molar-refractivity contribution >= 4 is 21.4 Å². The topological polar surface area (TPSA) is 0 Å². The van der Waals surface area contributed by atoms with Gasteiger partial charge in [0.25, 0.3) is 0 Å². The van der Waals surface area contributed by atoms with Crippen molar-refractivity contribution in [1.82, 2.24) is 0 Å². The molecule has 0 saturated heterocycles. The van der Waals surface area contributed by atoms with E-state index in [4.69, 9.17) is 0 Å². The third-order valence-corrected chi connectivity index (χ3v) is 5.64. The van der Waals surface area contributed by atoms with Gasteiger partial charge < -0.3 is 0 Å². The molecule has 1 aromatic heterocycles. The van der Waals surface area contributed by atoms with Gasteiger partial charge in [-0.25, -0.2) is 0 Å². The summed E-state index contributed by atoms with van der Waals surface area (Å²) in [5.74, 6) is 0.377. The molecular weight excluding hydrogens is 296 g/mol. The molecular formula is C22H18S. The molecule has 0 fully saturated rings. The van der Waals surface area contributed by atoms with E-state index in [0.717, 1.165) is 0 Å². The monoisotopic (exact) mass is 314 g/mol. The Hall–Kier alpha value is -2.38. The van der Waals surface area contributed by atoms with Crippen LogP contribution in [-0.4, -0.2) is 0 Å². The van der Waals surface area contributed by atoms with E-state index in [9.17, 15) is 0 Å². The molecule has 23 heavy (non-hydrogen) atoms. The molecule has 0 saturated carbocycles. The second-order valence-corrected chi connectivity index (χ2v) is 6.89. The van der Waals surface area contributed by atoms with E-state index in [1.807, 2.05) is 11.3 Å². The molecule has 3 aromatic carbocycles. The highest BCUT2D eigenvalue weighted by molar-refractivity contribution is 7.22. The van der Waals surface area contributed by atoms with Crippen LogP contribution in [0.5, 0.6) is 0 Å². The average molecular weight is 314 g/mol. The first-order valence-electron chi connectivity index (χ1n) is 7.96. The minimum atomic E-state index is 0.377. The van der Waals surface area contributed by atoms with Gasteiger partial charge in [0.15, 0.2) is 0 Å². The molecule has 1 heteroatoms. The summed E-state index contributed by atoms with van der Waals surface area (Å²) in [5.41, 5.74) is 4.13. The summed E-state index contributed by atoms with van der Waals surface area (Å²) in [5, 5.41) is 1.38. The van der Waals surface area contributed by atoms with Crippen molar-refractivity contribution in [3.8, 4) is 10.4 Å². The van der Waals surface area contributed by atoms with Gasteiger partial charge in [0.05, 0.1) is 0 Å². The van der Waals surface area contributed by atoms with Gasteiger partial charge >= 0.3 is 0 Å². The highest BCUT2D eigenvalue weighted by atomic mass is 32.1. The van der Waals surface area contributed by atoms with Gasteiger partial charge in [0.1, 0.15) is 0 Å². The Labute approximate surface area is 141 Å². The van der Waals surface area contributed by atoms with Crippen molar-refractivity contribution in [2.24, 2.45) is 0 Å². The maximum absolute atomic E-state index is 2.32. The Morgan fingerprint density at radius 1 is 0.696 bits per heavy atom. The minimum absolute atomic E-state index is 0.377. The first-order valence-corrected chi connectivity index (χ1v) is 8.78. The summed E-state index contributed by atoms with van der Waals surface area (Å²) in [6, 6.07) is 30.3. The third-order valence-electron chi connectivity index (χ3n) is 4.40. The maximum Gasteiger partial charge on any atom is 0.0393 e. The van der Waals surface area contributed by atoms with Crippen LogP contribution in [0.4, 0.5) is 0 Å². The number of thiophene rings is 1. The lowest BCUT2D eigenvalue weighted by Gasteiger charge is -2.14. The lowest BCUT2D eigenvalue weighted by atomic mass is 9.89. The van der Waals surface area contributed by atoms with Gasteiger partial charge in [0.2, 0.25) is 0 Å². The smallest absolute Gasteiger partial charge is 0.0393 e. The lowest BCUT2D eigenvalue weighted by Crippen LogP contribution is -1.96. The Morgan fingerprint density at radius 2 is 1.30 bits per heavy atom. The zero-order valence-electron chi connectivity index (χ0n) is 13.1. The van der Waals surface area contributed by atoms with Gasteiger partial charge in [-0.05, 0) is 28.1 Å². The van der Waals surface area contributed by atoms with Crippen molar-refractivity contribution in [3.05, 3.63) is 96.1 Å². The standard InChI is InChI=1S/C22H18S/c1-16(17-10-4-2-5-11-17)21-19-14-8-9-15-20(19)23-22(21)18-12-6-3-7-13-18/h2-16H,1H3/t16-/m1/s1.